The van der Waals surface area contributed by atoms with E-state index in [9.17, 15) is 0 Å². The molecule has 0 radical (unpaired) electrons. The third kappa shape index (κ3) is 5.38. The van der Waals surface area contributed by atoms with Gasteiger partial charge in [-0.15, -0.1) is 22.7 Å². The second-order valence-electron chi connectivity index (χ2n) is 13.2. The molecule has 0 fully saturated rings. The molecule has 0 saturated heterocycles. The molecule has 10 rings (SSSR count). The number of anilines is 3. The Morgan fingerprint density at radius 1 is 0.431 bits per heavy atom. The lowest BCUT2D eigenvalue weighted by Crippen LogP contribution is -2.11. The fraction of sp³-hybridized carbons (Fsp3) is 0.0417. The number of hydrogen-bond donors (Lipinski definition) is 0. The van der Waals surface area contributed by atoms with Gasteiger partial charge in [-0.3, -0.25) is 0 Å². The van der Waals surface area contributed by atoms with Crippen LogP contribution in [0.3, 0.4) is 0 Å². The zero-order valence-electron chi connectivity index (χ0n) is 27.9. The van der Waals surface area contributed by atoms with Gasteiger partial charge in [0.1, 0.15) is 0 Å². The maximum Gasteiger partial charge on any atom is 0.0540 e. The fourth-order valence-electron chi connectivity index (χ4n) is 7.63. The minimum absolute atomic E-state index is 1.09. The Bertz CT molecular complexity index is 2730. The van der Waals surface area contributed by atoms with Gasteiger partial charge in [-0.2, -0.15) is 0 Å². The molecule has 1 aliphatic carbocycles. The molecular weight excluding hydrogens is 655 g/mol. The molecular formula is C48H33NS2. The molecule has 9 aromatic rings. The summed E-state index contributed by atoms with van der Waals surface area (Å²) in [6, 6.07) is 60.3. The molecule has 2 heterocycles. The Hall–Kier alpha value is -5.74. The van der Waals surface area contributed by atoms with E-state index in [0.717, 1.165) is 24.2 Å². The largest absolute Gasteiger partial charge is 0.310 e. The van der Waals surface area contributed by atoms with Crippen LogP contribution < -0.4 is 4.90 Å². The molecule has 0 N–H and O–H groups in total. The number of aryl methyl sites for hydroxylation is 1. The minimum Gasteiger partial charge on any atom is -0.310 e. The van der Waals surface area contributed by atoms with Gasteiger partial charge >= 0.3 is 0 Å². The van der Waals surface area contributed by atoms with Crippen molar-refractivity contribution in [1.29, 1.82) is 0 Å². The topological polar surface area (TPSA) is 3.24 Å². The molecule has 242 valence electrons. The lowest BCUT2D eigenvalue weighted by Gasteiger charge is -2.29. The number of nitrogens with zero attached hydrogens (tertiary/aromatic N) is 1. The molecule has 2 aromatic heterocycles. The third-order valence-electron chi connectivity index (χ3n) is 10.2. The summed E-state index contributed by atoms with van der Waals surface area (Å²) in [7, 11) is 0. The molecule has 1 nitrogen and oxygen atoms in total. The van der Waals surface area contributed by atoms with Crippen molar-refractivity contribution in [3.05, 3.63) is 180 Å². The average molecular weight is 688 g/mol. The van der Waals surface area contributed by atoms with Crippen LogP contribution in [0.5, 0.6) is 0 Å². The van der Waals surface area contributed by atoms with E-state index in [-0.39, 0.29) is 0 Å². The normalized spacial score (nSPS) is 12.5. The van der Waals surface area contributed by atoms with E-state index in [4.69, 9.17) is 0 Å². The second-order valence-corrected chi connectivity index (χ2v) is 15.4. The van der Waals surface area contributed by atoms with Gasteiger partial charge in [0.25, 0.3) is 0 Å². The first-order valence-electron chi connectivity index (χ1n) is 17.6. The molecule has 0 spiro atoms. The Morgan fingerprint density at radius 3 is 1.78 bits per heavy atom. The molecule has 0 saturated carbocycles. The van der Waals surface area contributed by atoms with Crippen LogP contribution in [0.2, 0.25) is 0 Å². The monoisotopic (exact) mass is 687 g/mol. The summed E-state index contributed by atoms with van der Waals surface area (Å²) in [4.78, 5) is 3.89. The summed E-state index contributed by atoms with van der Waals surface area (Å²) >= 11 is 3.78. The lowest BCUT2D eigenvalue weighted by molar-refractivity contribution is 1.01. The molecule has 0 aliphatic heterocycles. The summed E-state index contributed by atoms with van der Waals surface area (Å²) in [5, 5.41) is 3.99. The fourth-order valence-corrected chi connectivity index (χ4v) is 9.88. The summed E-state index contributed by atoms with van der Waals surface area (Å²) in [5.74, 6) is 0. The molecule has 0 unspecified atom stereocenters. The quantitative estimate of drug-likeness (QED) is 0.168. The average Bonchev–Trinajstić information content (AvgIpc) is 3.77. The predicted octanol–water partition coefficient (Wildman–Crippen LogP) is 14.7. The highest BCUT2D eigenvalue weighted by atomic mass is 32.1. The van der Waals surface area contributed by atoms with Gasteiger partial charge in [0, 0.05) is 46.7 Å². The van der Waals surface area contributed by atoms with E-state index in [1.165, 1.54) is 79.8 Å². The number of hydrogen-bond acceptors (Lipinski definition) is 3. The van der Waals surface area contributed by atoms with E-state index in [1.54, 1.807) is 0 Å². The van der Waals surface area contributed by atoms with Crippen molar-refractivity contribution >= 4 is 76.1 Å². The third-order valence-corrected chi connectivity index (χ3v) is 12.5. The van der Waals surface area contributed by atoms with Crippen molar-refractivity contribution in [1.82, 2.24) is 0 Å². The van der Waals surface area contributed by atoms with Crippen LogP contribution in [-0.4, -0.2) is 0 Å². The van der Waals surface area contributed by atoms with Crippen molar-refractivity contribution in [2.24, 2.45) is 0 Å². The first-order valence-corrected chi connectivity index (χ1v) is 19.2. The Kier molecular flexibility index (Phi) is 7.41. The standard InChI is InChI=1S/C48H33NS2/c1-3-11-32(12-4-1)33-19-21-34(22-20-33)36-23-26-44(41(29-36)35-13-5-2-6-14-35)49(37-24-27-47-42(30-37)39-15-7-9-17-45(39)50-47)38-25-28-48-43(31-38)40-16-8-10-18-46(40)51-48/h1-7,9-15,17-31H,8,16H2. The van der Waals surface area contributed by atoms with Crippen LogP contribution >= 0.6 is 22.7 Å². The van der Waals surface area contributed by atoms with Gasteiger partial charge in [-0.05, 0) is 112 Å². The maximum absolute atomic E-state index is 2.48. The van der Waals surface area contributed by atoms with Crippen LogP contribution in [0, 0.1) is 0 Å². The number of thiophene rings is 2. The Labute approximate surface area is 306 Å². The van der Waals surface area contributed by atoms with E-state index < -0.39 is 0 Å². The molecule has 0 atom stereocenters. The Morgan fingerprint density at radius 2 is 1.02 bits per heavy atom. The van der Waals surface area contributed by atoms with Crippen molar-refractivity contribution in [3.63, 3.8) is 0 Å². The molecule has 0 amide bonds. The van der Waals surface area contributed by atoms with Gasteiger partial charge in [0.15, 0.2) is 0 Å². The van der Waals surface area contributed by atoms with E-state index in [2.05, 4.69) is 181 Å². The smallest absolute Gasteiger partial charge is 0.0540 e. The summed E-state index contributed by atoms with van der Waals surface area (Å²) in [5.41, 5.74) is 12.2. The SMILES string of the molecule is C1=Cc2sc3ccc(N(c4ccc5sc6ccccc6c5c4)c4ccc(-c5ccc(-c6ccccc6)cc5)cc4-c4ccccc4)cc3c2CC1. The number of benzene rings is 7. The van der Waals surface area contributed by atoms with Crippen LogP contribution in [0.1, 0.15) is 16.9 Å². The van der Waals surface area contributed by atoms with Crippen molar-refractivity contribution < 1.29 is 0 Å². The highest BCUT2D eigenvalue weighted by Gasteiger charge is 2.21. The summed E-state index contributed by atoms with van der Waals surface area (Å²) < 4.78 is 3.99. The molecule has 3 heteroatoms. The zero-order chi connectivity index (χ0) is 33.7. The van der Waals surface area contributed by atoms with E-state index in [0.29, 0.717) is 0 Å². The van der Waals surface area contributed by atoms with Crippen molar-refractivity contribution in [2.45, 2.75) is 12.8 Å². The van der Waals surface area contributed by atoms with E-state index in [1.807, 2.05) is 22.7 Å². The molecule has 1 aliphatic rings. The molecule has 7 aromatic carbocycles. The van der Waals surface area contributed by atoms with Crippen LogP contribution in [-0.2, 0) is 6.42 Å². The number of allylic oxidation sites excluding steroid dienone is 1. The van der Waals surface area contributed by atoms with Crippen LogP contribution in [0.15, 0.2) is 170 Å². The predicted molar refractivity (Wildman–Crippen MR) is 223 cm³/mol. The first-order chi connectivity index (χ1) is 25.3. The van der Waals surface area contributed by atoms with Gasteiger partial charge in [-0.1, -0.05) is 115 Å². The lowest BCUT2D eigenvalue weighted by atomic mass is 9.95. The summed E-state index contributed by atoms with van der Waals surface area (Å²) in [6.45, 7) is 0. The molecule has 0 bridgehead atoms. The molecule has 51 heavy (non-hydrogen) atoms. The second kappa shape index (κ2) is 12.5. The van der Waals surface area contributed by atoms with Gasteiger partial charge in [0.2, 0.25) is 0 Å². The first kappa shape index (κ1) is 30.1. The van der Waals surface area contributed by atoms with Gasteiger partial charge in [0.05, 0.1) is 5.69 Å². The van der Waals surface area contributed by atoms with Crippen molar-refractivity contribution in [3.8, 4) is 33.4 Å². The summed E-state index contributed by atoms with van der Waals surface area (Å²) in [6.07, 6.45) is 6.82. The number of fused-ring (bicyclic) bond motifs is 6. The highest BCUT2D eigenvalue weighted by Crippen LogP contribution is 2.47. The zero-order valence-corrected chi connectivity index (χ0v) is 29.6. The van der Waals surface area contributed by atoms with Gasteiger partial charge in [-0.25, -0.2) is 0 Å². The van der Waals surface area contributed by atoms with E-state index >= 15 is 0 Å². The van der Waals surface area contributed by atoms with Crippen LogP contribution in [0.25, 0.3) is 69.7 Å². The maximum atomic E-state index is 2.48. The van der Waals surface area contributed by atoms with Gasteiger partial charge < -0.3 is 4.90 Å². The Balaban J connectivity index is 1.18. The highest BCUT2D eigenvalue weighted by molar-refractivity contribution is 7.25. The van der Waals surface area contributed by atoms with Crippen molar-refractivity contribution in [2.75, 3.05) is 4.90 Å². The minimum atomic E-state index is 1.09. The number of rotatable bonds is 6. The van der Waals surface area contributed by atoms with Crippen LogP contribution in [0.4, 0.5) is 17.1 Å².